The van der Waals surface area contributed by atoms with Crippen molar-refractivity contribution in [3.63, 3.8) is 0 Å². The van der Waals surface area contributed by atoms with Gasteiger partial charge in [-0.15, -0.1) is 0 Å². The van der Waals surface area contributed by atoms with Gasteiger partial charge >= 0.3 is 0 Å². The standard InChI is InChI=1S/C17H24F2N2O3/c1-10(2)20-15(22)5-4-6-16(23)21-11(3)17(24)12-7-8-13(18)14(19)9-12/h7-11,17,24H,4-6H2,1-3H3,(H,20,22)(H,21,23). The zero-order chi connectivity index (χ0) is 18.3. The quantitative estimate of drug-likeness (QED) is 0.678. The Hall–Kier alpha value is -2.02. The van der Waals surface area contributed by atoms with Crippen molar-refractivity contribution >= 4 is 11.8 Å². The number of benzene rings is 1. The fourth-order valence-electron chi connectivity index (χ4n) is 2.19. The van der Waals surface area contributed by atoms with Gasteiger partial charge in [0.1, 0.15) is 0 Å². The monoisotopic (exact) mass is 342 g/mol. The molecule has 0 aliphatic rings. The molecule has 1 aromatic rings. The van der Waals surface area contributed by atoms with Crippen LogP contribution in [-0.4, -0.2) is 29.0 Å². The highest BCUT2D eigenvalue weighted by molar-refractivity contribution is 5.79. The van der Waals surface area contributed by atoms with Crippen LogP contribution in [0.1, 0.15) is 51.7 Å². The van der Waals surface area contributed by atoms with Crippen molar-refractivity contribution in [2.24, 2.45) is 0 Å². The van der Waals surface area contributed by atoms with Crippen LogP contribution < -0.4 is 10.6 Å². The Kier molecular flexibility index (Phi) is 7.78. The number of nitrogens with one attached hydrogen (secondary N) is 2. The largest absolute Gasteiger partial charge is 0.386 e. The van der Waals surface area contributed by atoms with E-state index in [1.807, 2.05) is 13.8 Å². The third-order valence-corrected chi connectivity index (χ3v) is 3.40. The van der Waals surface area contributed by atoms with Gasteiger partial charge in [-0.25, -0.2) is 8.78 Å². The summed E-state index contributed by atoms with van der Waals surface area (Å²) in [6, 6.07) is 2.47. The Morgan fingerprint density at radius 3 is 2.17 bits per heavy atom. The molecule has 2 amide bonds. The minimum atomic E-state index is -1.16. The van der Waals surface area contributed by atoms with E-state index in [0.717, 1.165) is 12.1 Å². The lowest BCUT2D eigenvalue weighted by Gasteiger charge is -2.20. The van der Waals surface area contributed by atoms with Crippen molar-refractivity contribution in [3.8, 4) is 0 Å². The molecule has 0 fully saturated rings. The van der Waals surface area contributed by atoms with E-state index in [-0.39, 0.29) is 36.3 Å². The maximum Gasteiger partial charge on any atom is 0.220 e. The number of aliphatic hydroxyl groups is 1. The fourth-order valence-corrected chi connectivity index (χ4v) is 2.19. The van der Waals surface area contributed by atoms with Crippen LogP contribution >= 0.6 is 0 Å². The topological polar surface area (TPSA) is 78.4 Å². The fraction of sp³-hybridized carbons (Fsp3) is 0.529. The Balaban J connectivity index is 2.42. The van der Waals surface area contributed by atoms with Crippen LogP contribution in [0.2, 0.25) is 0 Å². The minimum absolute atomic E-state index is 0.0533. The number of hydrogen-bond donors (Lipinski definition) is 3. The molecule has 0 saturated heterocycles. The first-order valence-electron chi connectivity index (χ1n) is 7.92. The van der Waals surface area contributed by atoms with Gasteiger partial charge in [0.2, 0.25) is 11.8 Å². The Morgan fingerprint density at radius 1 is 1.04 bits per heavy atom. The van der Waals surface area contributed by atoms with Crippen LogP contribution in [0.5, 0.6) is 0 Å². The lowest BCUT2D eigenvalue weighted by atomic mass is 10.0. The average molecular weight is 342 g/mol. The van der Waals surface area contributed by atoms with Gasteiger partial charge in [-0.2, -0.15) is 0 Å². The molecule has 0 aliphatic heterocycles. The van der Waals surface area contributed by atoms with E-state index in [0.29, 0.717) is 6.42 Å². The SMILES string of the molecule is CC(C)NC(=O)CCCC(=O)NC(C)C(O)c1ccc(F)c(F)c1. The lowest BCUT2D eigenvalue weighted by molar-refractivity contribution is -0.123. The molecular formula is C17H24F2N2O3. The molecule has 134 valence electrons. The van der Waals surface area contributed by atoms with Crippen LogP contribution in [-0.2, 0) is 9.59 Å². The number of carbonyl (C=O) groups excluding carboxylic acids is 2. The van der Waals surface area contributed by atoms with Crippen LogP contribution in [0.25, 0.3) is 0 Å². The van der Waals surface area contributed by atoms with Gasteiger partial charge in [0.15, 0.2) is 11.6 Å². The lowest BCUT2D eigenvalue weighted by Crippen LogP contribution is -2.37. The third-order valence-electron chi connectivity index (χ3n) is 3.40. The molecule has 1 aromatic carbocycles. The van der Waals surface area contributed by atoms with E-state index >= 15 is 0 Å². The molecule has 5 nitrogen and oxygen atoms in total. The highest BCUT2D eigenvalue weighted by Crippen LogP contribution is 2.19. The molecule has 2 atom stereocenters. The zero-order valence-corrected chi connectivity index (χ0v) is 14.1. The average Bonchev–Trinajstić information content (AvgIpc) is 2.48. The van der Waals surface area contributed by atoms with Crippen molar-refractivity contribution in [3.05, 3.63) is 35.4 Å². The van der Waals surface area contributed by atoms with Gasteiger partial charge in [-0.1, -0.05) is 6.07 Å². The molecule has 0 aromatic heterocycles. The molecule has 0 heterocycles. The number of amides is 2. The van der Waals surface area contributed by atoms with E-state index in [9.17, 15) is 23.5 Å². The van der Waals surface area contributed by atoms with Gasteiger partial charge < -0.3 is 15.7 Å². The molecule has 24 heavy (non-hydrogen) atoms. The number of halogens is 2. The summed E-state index contributed by atoms with van der Waals surface area (Å²) < 4.78 is 26.1. The van der Waals surface area contributed by atoms with Crippen molar-refractivity contribution < 1.29 is 23.5 Å². The van der Waals surface area contributed by atoms with E-state index in [2.05, 4.69) is 10.6 Å². The maximum absolute atomic E-state index is 13.2. The number of aliphatic hydroxyl groups excluding tert-OH is 1. The Bertz CT molecular complexity index is 579. The molecule has 7 heteroatoms. The summed E-state index contributed by atoms with van der Waals surface area (Å²) in [4.78, 5) is 23.3. The van der Waals surface area contributed by atoms with Crippen LogP contribution in [0.15, 0.2) is 18.2 Å². The second kappa shape index (κ2) is 9.32. The van der Waals surface area contributed by atoms with Gasteiger partial charge in [0.25, 0.3) is 0 Å². The second-order valence-corrected chi connectivity index (χ2v) is 6.05. The van der Waals surface area contributed by atoms with Crippen molar-refractivity contribution in [2.75, 3.05) is 0 Å². The molecule has 1 rings (SSSR count). The van der Waals surface area contributed by atoms with Crippen LogP contribution in [0.4, 0.5) is 8.78 Å². The minimum Gasteiger partial charge on any atom is -0.386 e. The normalized spacial score (nSPS) is 13.5. The zero-order valence-electron chi connectivity index (χ0n) is 14.1. The number of carbonyl (C=O) groups is 2. The third kappa shape index (κ3) is 6.62. The second-order valence-electron chi connectivity index (χ2n) is 6.05. The Morgan fingerprint density at radius 2 is 1.62 bits per heavy atom. The van der Waals surface area contributed by atoms with Crippen molar-refractivity contribution in [1.82, 2.24) is 10.6 Å². The summed E-state index contributed by atoms with van der Waals surface area (Å²) in [5.74, 6) is -2.49. The smallest absolute Gasteiger partial charge is 0.220 e. The Labute approximate surface area is 140 Å². The summed E-state index contributed by atoms with van der Waals surface area (Å²) in [6.45, 7) is 5.27. The number of hydrogen-bond acceptors (Lipinski definition) is 3. The van der Waals surface area contributed by atoms with Gasteiger partial charge in [-0.3, -0.25) is 9.59 Å². The van der Waals surface area contributed by atoms with Gasteiger partial charge in [-0.05, 0) is 44.9 Å². The highest BCUT2D eigenvalue weighted by atomic mass is 19.2. The molecule has 0 bridgehead atoms. The van der Waals surface area contributed by atoms with E-state index in [4.69, 9.17) is 0 Å². The summed E-state index contributed by atoms with van der Waals surface area (Å²) in [7, 11) is 0. The first kappa shape index (κ1) is 20.0. The predicted octanol–water partition coefficient (Wildman–Crippen LogP) is 2.20. The molecule has 0 saturated carbocycles. The van der Waals surface area contributed by atoms with Crippen LogP contribution in [0.3, 0.4) is 0 Å². The molecule has 3 N–H and O–H groups in total. The first-order chi connectivity index (χ1) is 11.2. The van der Waals surface area contributed by atoms with E-state index < -0.39 is 23.8 Å². The molecule has 0 aliphatic carbocycles. The highest BCUT2D eigenvalue weighted by Gasteiger charge is 2.19. The van der Waals surface area contributed by atoms with Crippen molar-refractivity contribution in [1.29, 1.82) is 0 Å². The van der Waals surface area contributed by atoms with E-state index in [1.54, 1.807) is 6.92 Å². The summed E-state index contributed by atoms with van der Waals surface area (Å²) in [5.41, 5.74) is 0.179. The number of rotatable bonds is 8. The molecule has 0 spiro atoms. The molecular weight excluding hydrogens is 318 g/mol. The van der Waals surface area contributed by atoms with Gasteiger partial charge in [0.05, 0.1) is 12.1 Å². The molecule has 0 radical (unpaired) electrons. The molecule has 2 unspecified atom stereocenters. The van der Waals surface area contributed by atoms with Gasteiger partial charge in [0, 0.05) is 18.9 Å². The van der Waals surface area contributed by atoms with Crippen LogP contribution in [0, 0.1) is 11.6 Å². The maximum atomic E-state index is 13.2. The first-order valence-corrected chi connectivity index (χ1v) is 7.92. The summed E-state index contributed by atoms with van der Waals surface area (Å²) in [6.07, 6.45) is -0.391. The predicted molar refractivity (Wildman–Crippen MR) is 86.1 cm³/mol. The summed E-state index contributed by atoms with van der Waals surface area (Å²) >= 11 is 0. The van der Waals surface area contributed by atoms with Crippen molar-refractivity contribution in [2.45, 2.75) is 58.2 Å². The summed E-state index contributed by atoms with van der Waals surface area (Å²) in [5, 5.41) is 15.4. The van der Waals surface area contributed by atoms with E-state index in [1.165, 1.54) is 6.07 Å².